The van der Waals surface area contributed by atoms with Crippen LogP contribution in [0.2, 0.25) is 0 Å². The third-order valence-electron chi connectivity index (χ3n) is 3.88. The van der Waals surface area contributed by atoms with Gasteiger partial charge in [0.2, 0.25) is 5.91 Å². The summed E-state index contributed by atoms with van der Waals surface area (Å²) >= 11 is 1.56. The van der Waals surface area contributed by atoms with Gasteiger partial charge < -0.3 is 9.64 Å². The number of hydrogen-bond acceptors (Lipinski definition) is 3. The molecular weight excluding hydrogens is 351 g/mol. The van der Waals surface area contributed by atoms with E-state index in [4.69, 9.17) is 0 Å². The number of nitrogens with zero attached hydrogens (tertiary/aromatic N) is 1. The van der Waals surface area contributed by atoms with Crippen LogP contribution in [0.5, 0.6) is 5.75 Å². The Kier molecular flexibility index (Phi) is 4.94. The highest BCUT2D eigenvalue weighted by atomic mass is 32.2. The van der Waals surface area contributed by atoms with Crippen LogP contribution < -0.4 is 4.74 Å². The largest absolute Gasteiger partial charge is 0.573 e. The van der Waals surface area contributed by atoms with Gasteiger partial charge in [-0.3, -0.25) is 4.79 Å². The molecule has 7 heteroatoms. The molecule has 1 atom stereocenters. The van der Waals surface area contributed by atoms with Crippen LogP contribution in [0.15, 0.2) is 53.4 Å². The molecule has 0 saturated heterocycles. The fourth-order valence-corrected chi connectivity index (χ4v) is 4.02. The molecule has 0 aromatic heterocycles. The zero-order valence-electron chi connectivity index (χ0n) is 13.4. The lowest BCUT2D eigenvalue weighted by atomic mass is 10.1. The lowest BCUT2D eigenvalue weighted by Gasteiger charge is -2.21. The Labute approximate surface area is 147 Å². The van der Waals surface area contributed by atoms with Gasteiger partial charge in [0, 0.05) is 18.5 Å². The normalized spacial score (nSPS) is 16.4. The molecule has 1 aliphatic heterocycles. The summed E-state index contributed by atoms with van der Waals surface area (Å²) in [5.74, 6) is -0.260. The molecule has 2 aromatic rings. The van der Waals surface area contributed by atoms with Gasteiger partial charge in [-0.05, 0) is 35.7 Å². The van der Waals surface area contributed by atoms with E-state index in [0.717, 1.165) is 10.5 Å². The minimum absolute atomic E-state index is 0.0109. The molecule has 1 heterocycles. The van der Waals surface area contributed by atoms with E-state index in [1.54, 1.807) is 23.7 Å². The molecule has 3 rings (SSSR count). The summed E-state index contributed by atoms with van der Waals surface area (Å²) in [5, 5.41) is -0.157. The van der Waals surface area contributed by atoms with Crippen molar-refractivity contribution in [1.29, 1.82) is 0 Å². The second kappa shape index (κ2) is 7.00. The lowest BCUT2D eigenvalue weighted by Crippen LogP contribution is -2.34. The zero-order valence-corrected chi connectivity index (χ0v) is 14.2. The van der Waals surface area contributed by atoms with Gasteiger partial charge in [0.15, 0.2) is 0 Å². The maximum Gasteiger partial charge on any atom is 0.573 e. The monoisotopic (exact) mass is 367 g/mol. The van der Waals surface area contributed by atoms with Gasteiger partial charge in [-0.15, -0.1) is 24.9 Å². The summed E-state index contributed by atoms with van der Waals surface area (Å²) in [6.45, 7) is 0.332. The van der Waals surface area contributed by atoms with Crippen molar-refractivity contribution >= 4 is 17.7 Å². The average molecular weight is 367 g/mol. The van der Waals surface area contributed by atoms with E-state index in [0.29, 0.717) is 13.0 Å². The first-order chi connectivity index (χ1) is 11.8. The van der Waals surface area contributed by atoms with Crippen molar-refractivity contribution in [1.82, 2.24) is 4.90 Å². The predicted octanol–water partition coefficient (Wildman–Crippen LogP) is 4.26. The fourth-order valence-electron chi connectivity index (χ4n) is 2.71. The van der Waals surface area contributed by atoms with Crippen LogP contribution in [-0.4, -0.2) is 29.5 Å². The smallest absolute Gasteiger partial charge is 0.406 e. The predicted molar refractivity (Wildman–Crippen MR) is 89.4 cm³/mol. The first kappa shape index (κ1) is 17.7. The number of alkyl halides is 3. The molecule has 0 spiro atoms. The third-order valence-corrected chi connectivity index (χ3v) is 5.18. The highest BCUT2D eigenvalue weighted by Gasteiger charge is 2.31. The molecule has 0 bridgehead atoms. The standard InChI is InChI=1S/C18H16F3NO2S/c1-22(11-12-6-8-14(9-7-12)24-18(19,20)21)17(23)16-10-13-4-2-3-5-15(13)25-16/h2-9,16H,10-11H2,1H3. The molecule has 25 heavy (non-hydrogen) atoms. The fraction of sp³-hybridized carbons (Fsp3) is 0.278. The van der Waals surface area contributed by atoms with Crippen molar-refractivity contribution in [3.05, 3.63) is 59.7 Å². The number of halogens is 3. The lowest BCUT2D eigenvalue weighted by molar-refractivity contribution is -0.274. The summed E-state index contributed by atoms with van der Waals surface area (Å²) in [6.07, 6.45) is -4.01. The summed E-state index contributed by atoms with van der Waals surface area (Å²) < 4.78 is 40.3. The Morgan fingerprint density at radius 1 is 1.20 bits per heavy atom. The Hall–Kier alpha value is -2.15. The SMILES string of the molecule is CN(Cc1ccc(OC(F)(F)F)cc1)C(=O)C1Cc2ccccc2S1. The van der Waals surface area contributed by atoms with Crippen molar-refractivity contribution in [3.8, 4) is 5.75 Å². The quantitative estimate of drug-likeness (QED) is 0.809. The summed E-state index contributed by atoms with van der Waals surface area (Å²) in [5.41, 5.74) is 1.92. The van der Waals surface area contributed by atoms with Crippen molar-refractivity contribution in [3.63, 3.8) is 0 Å². The molecule has 132 valence electrons. The van der Waals surface area contributed by atoms with Crippen LogP contribution in [0, 0.1) is 0 Å². The number of thioether (sulfide) groups is 1. The third kappa shape index (κ3) is 4.48. The molecule has 0 aliphatic carbocycles. The summed E-state index contributed by atoms with van der Waals surface area (Å²) in [4.78, 5) is 15.3. The van der Waals surface area contributed by atoms with Crippen molar-refractivity contribution in [2.75, 3.05) is 7.05 Å². The van der Waals surface area contributed by atoms with Crippen LogP contribution in [0.1, 0.15) is 11.1 Å². The number of hydrogen-bond donors (Lipinski definition) is 0. The van der Waals surface area contributed by atoms with E-state index in [9.17, 15) is 18.0 Å². The van der Waals surface area contributed by atoms with E-state index in [1.807, 2.05) is 24.3 Å². The van der Waals surface area contributed by atoms with Gasteiger partial charge in [-0.25, -0.2) is 0 Å². The van der Waals surface area contributed by atoms with Gasteiger partial charge >= 0.3 is 6.36 Å². The Morgan fingerprint density at radius 3 is 2.52 bits per heavy atom. The summed E-state index contributed by atoms with van der Waals surface area (Å²) in [6, 6.07) is 13.5. The number of fused-ring (bicyclic) bond motifs is 1. The molecule has 1 aliphatic rings. The number of carbonyl (C=O) groups is 1. The van der Waals surface area contributed by atoms with Crippen molar-refractivity contribution in [2.45, 2.75) is 29.5 Å². The maximum absolute atomic E-state index is 12.6. The molecule has 1 amide bonds. The Bertz CT molecular complexity index is 737. The Balaban J connectivity index is 1.59. The van der Waals surface area contributed by atoms with E-state index in [1.165, 1.54) is 29.8 Å². The first-order valence-electron chi connectivity index (χ1n) is 7.66. The second-order valence-corrected chi connectivity index (χ2v) is 7.05. The molecular formula is C18H16F3NO2S. The molecule has 1 unspecified atom stereocenters. The average Bonchev–Trinajstić information content (AvgIpc) is 2.98. The molecule has 0 radical (unpaired) electrons. The van der Waals surface area contributed by atoms with Gasteiger partial charge in [0.05, 0.1) is 5.25 Å². The number of benzene rings is 2. The van der Waals surface area contributed by atoms with Crippen LogP contribution >= 0.6 is 11.8 Å². The molecule has 3 nitrogen and oxygen atoms in total. The minimum Gasteiger partial charge on any atom is -0.406 e. The van der Waals surface area contributed by atoms with Gasteiger partial charge in [0.25, 0.3) is 0 Å². The molecule has 2 aromatic carbocycles. The van der Waals surface area contributed by atoms with Crippen LogP contribution in [0.4, 0.5) is 13.2 Å². The molecule has 0 saturated carbocycles. The van der Waals surface area contributed by atoms with Crippen molar-refractivity contribution < 1.29 is 22.7 Å². The van der Waals surface area contributed by atoms with Gasteiger partial charge in [0.1, 0.15) is 5.75 Å². The second-order valence-electron chi connectivity index (χ2n) is 5.80. The van der Waals surface area contributed by atoms with Crippen molar-refractivity contribution in [2.24, 2.45) is 0 Å². The van der Waals surface area contributed by atoms with Crippen LogP contribution in [-0.2, 0) is 17.8 Å². The number of amides is 1. The van der Waals surface area contributed by atoms with Gasteiger partial charge in [-0.1, -0.05) is 30.3 Å². The number of rotatable bonds is 4. The highest BCUT2D eigenvalue weighted by Crippen LogP contribution is 2.37. The van der Waals surface area contributed by atoms with E-state index in [2.05, 4.69) is 4.74 Å². The highest BCUT2D eigenvalue weighted by molar-refractivity contribution is 8.01. The topological polar surface area (TPSA) is 29.5 Å². The van der Waals surface area contributed by atoms with Gasteiger partial charge in [-0.2, -0.15) is 0 Å². The number of carbonyl (C=O) groups excluding carboxylic acids is 1. The van der Waals surface area contributed by atoms with E-state index < -0.39 is 6.36 Å². The van der Waals surface area contributed by atoms with E-state index >= 15 is 0 Å². The number of ether oxygens (including phenoxy) is 1. The maximum atomic E-state index is 12.6. The van der Waals surface area contributed by atoms with Crippen LogP contribution in [0.25, 0.3) is 0 Å². The zero-order chi connectivity index (χ0) is 18.0. The van der Waals surface area contributed by atoms with E-state index in [-0.39, 0.29) is 16.9 Å². The summed E-state index contributed by atoms with van der Waals surface area (Å²) in [7, 11) is 1.70. The van der Waals surface area contributed by atoms with Crippen LogP contribution in [0.3, 0.4) is 0 Å². The first-order valence-corrected chi connectivity index (χ1v) is 8.54. The Morgan fingerprint density at radius 2 is 1.88 bits per heavy atom. The molecule has 0 N–H and O–H groups in total. The minimum atomic E-state index is -4.71. The molecule has 0 fully saturated rings.